The SMILES string of the molecule is COC(=O)Oc1cc(NC(=O)C=Cc2c(OC)cc(OC)cc2OC)ccc1OC. The van der Waals surface area contributed by atoms with Gasteiger partial charge in [0.15, 0.2) is 11.5 Å². The zero-order valence-corrected chi connectivity index (χ0v) is 17.3. The largest absolute Gasteiger partial charge is 0.513 e. The van der Waals surface area contributed by atoms with E-state index in [4.69, 9.17) is 23.7 Å². The number of rotatable bonds is 8. The van der Waals surface area contributed by atoms with Crippen molar-refractivity contribution in [2.75, 3.05) is 40.9 Å². The van der Waals surface area contributed by atoms with Gasteiger partial charge >= 0.3 is 6.16 Å². The van der Waals surface area contributed by atoms with Crippen LogP contribution in [0.3, 0.4) is 0 Å². The summed E-state index contributed by atoms with van der Waals surface area (Å²) in [6.07, 6.45) is 1.97. The molecule has 2 aromatic rings. The summed E-state index contributed by atoms with van der Waals surface area (Å²) in [6.45, 7) is 0. The molecule has 0 aliphatic rings. The van der Waals surface area contributed by atoms with Crippen LogP contribution in [-0.2, 0) is 9.53 Å². The summed E-state index contributed by atoms with van der Waals surface area (Å²) >= 11 is 0. The fourth-order valence-electron chi connectivity index (χ4n) is 2.51. The van der Waals surface area contributed by atoms with Crippen molar-refractivity contribution in [1.82, 2.24) is 0 Å². The first-order valence-electron chi connectivity index (χ1n) is 8.68. The number of carbonyl (C=O) groups excluding carboxylic acids is 2. The minimum absolute atomic E-state index is 0.102. The summed E-state index contributed by atoms with van der Waals surface area (Å²) in [5.74, 6) is 1.50. The van der Waals surface area contributed by atoms with E-state index in [1.54, 1.807) is 30.3 Å². The molecule has 0 aromatic heterocycles. The van der Waals surface area contributed by atoms with E-state index in [-0.39, 0.29) is 5.75 Å². The zero-order chi connectivity index (χ0) is 22.1. The third-order valence-electron chi connectivity index (χ3n) is 3.95. The normalized spacial score (nSPS) is 10.3. The highest BCUT2D eigenvalue weighted by atomic mass is 16.7. The monoisotopic (exact) mass is 417 g/mol. The minimum Gasteiger partial charge on any atom is -0.496 e. The molecule has 30 heavy (non-hydrogen) atoms. The molecule has 0 saturated carbocycles. The van der Waals surface area contributed by atoms with Crippen molar-refractivity contribution in [3.63, 3.8) is 0 Å². The average Bonchev–Trinajstić information content (AvgIpc) is 2.77. The van der Waals surface area contributed by atoms with Gasteiger partial charge < -0.3 is 33.7 Å². The van der Waals surface area contributed by atoms with Gasteiger partial charge in [-0.2, -0.15) is 0 Å². The number of ether oxygens (including phenoxy) is 6. The molecule has 0 radical (unpaired) electrons. The highest BCUT2D eigenvalue weighted by Crippen LogP contribution is 2.35. The van der Waals surface area contributed by atoms with Crippen molar-refractivity contribution in [2.45, 2.75) is 0 Å². The number of nitrogens with one attached hydrogen (secondary N) is 1. The highest BCUT2D eigenvalue weighted by molar-refractivity contribution is 6.02. The van der Waals surface area contributed by atoms with Gasteiger partial charge in [-0.25, -0.2) is 4.79 Å². The van der Waals surface area contributed by atoms with E-state index in [0.717, 1.165) is 0 Å². The van der Waals surface area contributed by atoms with Crippen molar-refractivity contribution in [2.24, 2.45) is 0 Å². The molecule has 1 amide bonds. The molecule has 2 aromatic carbocycles. The number of anilines is 1. The van der Waals surface area contributed by atoms with E-state index in [0.29, 0.717) is 34.2 Å². The van der Waals surface area contributed by atoms with Crippen LogP contribution >= 0.6 is 0 Å². The van der Waals surface area contributed by atoms with E-state index < -0.39 is 12.1 Å². The first-order chi connectivity index (χ1) is 14.4. The van der Waals surface area contributed by atoms with Crippen molar-refractivity contribution in [1.29, 1.82) is 0 Å². The Bertz CT molecular complexity index is 914. The van der Waals surface area contributed by atoms with Crippen LogP contribution in [0.25, 0.3) is 6.08 Å². The Hall–Kier alpha value is -3.88. The molecule has 0 fully saturated rings. The predicted octanol–water partition coefficient (Wildman–Crippen LogP) is 3.52. The van der Waals surface area contributed by atoms with Crippen LogP contribution in [0, 0.1) is 0 Å². The van der Waals surface area contributed by atoms with Gasteiger partial charge in [-0.15, -0.1) is 0 Å². The number of carbonyl (C=O) groups is 2. The Morgan fingerprint density at radius 1 is 0.800 bits per heavy atom. The van der Waals surface area contributed by atoms with Crippen LogP contribution in [0.4, 0.5) is 10.5 Å². The molecule has 0 aliphatic heterocycles. The maximum atomic E-state index is 12.4. The fourth-order valence-corrected chi connectivity index (χ4v) is 2.51. The molecular formula is C21H23NO8. The van der Waals surface area contributed by atoms with E-state index in [9.17, 15) is 9.59 Å². The molecule has 2 rings (SSSR count). The maximum Gasteiger partial charge on any atom is 0.513 e. The standard InChI is InChI=1S/C21H23NO8/c1-25-14-11-17(27-3)15(18(12-14)28-4)7-9-20(23)22-13-6-8-16(26-2)19(10-13)30-21(24)29-5/h6-12H,1-5H3,(H,22,23). The number of benzene rings is 2. The third kappa shape index (κ3) is 5.57. The van der Waals surface area contributed by atoms with Crippen LogP contribution in [0.1, 0.15) is 5.56 Å². The maximum absolute atomic E-state index is 12.4. The van der Waals surface area contributed by atoms with E-state index in [1.165, 1.54) is 47.7 Å². The molecule has 0 heterocycles. The van der Waals surface area contributed by atoms with Gasteiger partial charge in [-0.1, -0.05) is 0 Å². The van der Waals surface area contributed by atoms with Crippen molar-refractivity contribution in [3.8, 4) is 28.7 Å². The van der Waals surface area contributed by atoms with E-state index >= 15 is 0 Å². The second-order valence-corrected chi connectivity index (χ2v) is 5.69. The van der Waals surface area contributed by atoms with Crippen LogP contribution in [0.5, 0.6) is 28.7 Å². The Morgan fingerprint density at radius 3 is 1.97 bits per heavy atom. The summed E-state index contributed by atoms with van der Waals surface area (Å²) in [6, 6.07) is 7.95. The smallest absolute Gasteiger partial charge is 0.496 e. The molecule has 160 valence electrons. The number of amides is 1. The Labute approximate surface area is 174 Å². The number of methoxy groups -OCH3 is 5. The van der Waals surface area contributed by atoms with E-state index in [2.05, 4.69) is 10.1 Å². The lowest BCUT2D eigenvalue weighted by Crippen LogP contribution is -2.10. The molecule has 0 atom stereocenters. The first-order valence-corrected chi connectivity index (χ1v) is 8.68. The summed E-state index contributed by atoms with van der Waals surface area (Å²) < 4.78 is 30.5. The van der Waals surface area contributed by atoms with Gasteiger partial charge in [-0.05, 0) is 18.2 Å². The van der Waals surface area contributed by atoms with Crippen LogP contribution < -0.4 is 29.0 Å². The molecular weight excluding hydrogens is 394 g/mol. The molecule has 0 spiro atoms. The van der Waals surface area contributed by atoms with Gasteiger partial charge in [0.05, 0.1) is 41.1 Å². The quantitative estimate of drug-likeness (QED) is 0.396. The topological polar surface area (TPSA) is 102 Å². The lowest BCUT2D eigenvalue weighted by Gasteiger charge is -2.12. The van der Waals surface area contributed by atoms with Crippen LogP contribution in [-0.4, -0.2) is 47.6 Å². The van der Waals surface area contributed by atoms with Gasteiger partial charge in [-0.3, -0.25) is 4.79 Å². The highest BCUT2D eigenvalue weighted by Gasteiger charge is 2.13. The number of hydrogen-bond donors (Lipinski definition) is 1. The summed E-state index contributed by atoms with van der Waals surface area (Å²) in [5, 5.41) is 2.67. The first kappa shape index (κ1) is 22.4. The van der Waals surface area contributed by atoms with Crippen LogP contribution in [0.2, 0.25) is 0 Å². The van der Waals surface area contributed by atoms with Crippen LogP contribution in [0.15, 0.2) is 36.4 Å². The second-order valence-electron chi connectivity index (χ2n) is 5.69. The third-order valence-corrected chi connectivity index (χ3v) is 3.95. The molecule has 1 N–H and O–H groups in total. The predicted molar refractivity (Wildman–Crippen MR) is 110 cm³/mol. The average molecular weight is 417 g/mol. The molecule has 0 aliphatic carbocycles. The molecule has 9 nitrogen and oxygen atoms in total. The van der Waals surface area contributed by atoms with Gasteiger partial charge in [0, 0.05) is 30.0 Å². The summed E-state index contributed by atoms with van der Waals surface area (Å²) in [7, 11) is 7.16. The van der Waals surface area contributed by atoms with Gasteiger partial charge in [0.2, 0.25) is 5.91 Å². The number of hydrogen-bond acceptors (Lipinski definition) is 8. The molecule has 0 saturated heterocycles. The Balaban J connectivity index is 2.22. The second kappa shape index (κ2) is 10.6. The van der Waals surface area contributed by atoms with Gasteiger partial charge in [0.25, 0.3) is 0 Å². The molecule has 0 bridgehead atoms. The van der Waals surface area contributed by atoms with Crippen molar-refractivity contribution < 1.29 is 38.0 Å². The van der Waals surface area contributed by atoms with Crippen molar-refractivity contribution >= 4 is 23.8 Å². The lowest BCUT2D eigenvalue weighted by molar-refractivity contribution is -0.111. The summed E-state index contributed by atoms with van der Waals surface area (Å²) in [5.41, 5.74) is 0.957. The minimum atomic E-state index is -0.907. The summed E-state index contributed by atoms with van der Waals surface area (Å²) in [4.78, 5) is 23.8. The lowest BCUT2D eigenvalue weighted by atomic mass is 10.1. The van der Waals surface area contributed by atoms with E-state index in [1.807, 2.05) is 0 Å². The van der Waals surface area contributed by atoms with Gasteiger partial charge in [0.1, 0.15) is 17.2 Å². The Morgan fingerprint density at radius 2 is 1.43 bits per heavy atom. The molecule has 9 heteroatoms. The molecule has 0 unspecified atom stereocenters. The fraction of sp³-hybridized carbons (Fsp3) is 0.238. The Kier molecular flexibility index (Phi) is 7.92. The zero-order valence-electron chi connectivity index (χ0n) is 17.3. The van der Waals surface area contributed by atoms with Crippen molar-refractivity contribution in [3.05, 3.63) is 42.0 Å².